The summed E-state index contributed by atoms with van der Waals surface area (Å²) in [5.41, 5.74) is 10.5. The van der Waals surface area contributed by atoms with Crippen LogP contribution in [0.15, 0.2) is 58.6 Å². The second-order valence-corrected chi connectivity index (χ2v) is 7.24. The molecule has 1 atom stereocenters. The molecular weight excluding hydrogens is 420 g/mol. The number of benzene rings is 2. The van der Waals surface area contributed by atoms with E-state index in [1.54, 1.807) is 11.8 Å². The topological polar surface area (TPSA) is 86.1 Å². The number of halogens is 1. The highest BCUT2D eigenvalue weighted by atomic mass is 79.9. The first-order chi connectivity index (χ1) is 13.5. The van der Waals surface area contributed by atoms with Crippen LogP contribution in [0, 0.1) is 18.3 Å². The van der Waals surface area contributed by atoms with Gasteiger partial charge in [-0.25, -0.2) is 4.68 Å². The van der Waals surface area contributed by atoms with Crippen molar-refractivity contribution >= 4 is 21.5 Å². The van der Waals surface area contributed by atoms with Crippen molar-refractivity contribution in [2.24, 2.45) is 5.73 Å². The third-order valence-corrected chi connectivity index (χ3v) is 5.14. The monoisotopic (exact) mass is 436 g/mol. The van der Waals surface area contributed by atoms with Crippen molar-refractivity contribution < 1.29 is 9.47 Å². The van der Waals surface area contributed by atoms with Gasteiger partial charge in [-0.15, -0.1) is 0 Å². The van der Waals surface area contributed by atoms with Gasteiger partial charge in [-0.2, -0.15) is 10.4 Å². The maximum Gasteiger partial charge on any atom is 0.226 e. The Kier molecular flexibility index (Phi) is 4.67. The summed E-state index contributed by atoms with van der Waals surface area (Å²) < 4.78 is 14.0. The summed E-state index contributed by atoms with van der Waals surface area (Å²) in [6.45, 7) is 1.89. The van der Waals surface area contributed by atoms with E-state index in [0.717, 1.165) is 32.6 Å². The second-order valence-electron chi connectivity index (χ2n) is 6.32. The Labute approximate surface area is 170 Å². The summed E-state index contributed by atoms with van der Waals surface area (Å²) in [4.78, 5) is 0. The van der Waals surface area contributed by atoms with Crippen LogP contribution < -0.4 is 15.2 Å². The van der Waals surface area contributed by atoms with Crippen LogP contribution in [0.25, 0.3) is 11.3 Å². The molecular formula is C21H17BrN4O2. The van der Waals surface area contributed by atoms with Crippen molar-refractivity contribution in [3.8, 4) is 23.4 Å². The van der Waals surface area contributed by atoms with Gasteiger partial charge in [0.2, 0.25) is 5.88 Å². The van der Waals surface area contributed by atoms with E-state index in [0.29, 0.717) is 17.2 Å². The third kappa shape index (κ3) is 2.97. The molecule has 0 radical (unpaired) electrons. The van der Waals surface area contributed by atoms with Gasteiger partial charge in [-0.1, -0.05) is 28.1 Å². The molecule has 28 heavy (non-hydrogen) atoms. The van der Waals surface area contributed by atoms with Crippen LogP contribution in [0.4, 0.5) is 0 Å². The van der Waals surface area contributed by atoms with Gasteiger partial charge < -0.3 is 9.47 Å². The SMILES string of the molecule is COc1cccc(C2=C(C#N)C(N)Oc3c2c(C)nn3-c2ccc(Br)cc2)c1. The first-order valence-corrected chi connectivity index (χ1v) is 9.39. The van der Waals surface area contributed by atoms with Crippen LogP contribution in [0.2, 0.25) is 0 Å². The predicted molar refractivity (Wildman–Crippen MR) is 109 cm³/mol. The number of aromatic nitrogens is 2. The second kappa shape index (κ2) is 7.15. The standard InChI is InChI=1S/C21H17BrN4O2/c1-12-18-19(13-4-3-5-16(10-13)27-2)17(11-23)20(24)28-21(18)26(25-12)15-8-6-14(22)7-9-15/h3-10,20H,24H2,1-2H3. The van der Waals surface area contributed by atoms with Gasteiger partial charge in [0.05, 0.1) is 29.6 Å². The Morgan fingerprint density at radius 1 is 1.25 bits per heavy atom. The first kappa shape index (κ1) is 18.3. The number of ether oxygens (including phenoxy) is 2. The average molecular weight is 437 g/mol. The molecule has 0 aliphatic carbocycles. The molecule has 2 heterocycles. The fourth-order valence-corrected chi connectivity index (χ4v) is 3.58. The van der Waals surface area contributed by atoms with Crippen LogP contribution in [-0.2, 0) is 0 Å². The predicted octanol–water partition coefficient (Wildman–Crippen LogP) is 3.95. The summed E-state index contributed by atoms with van der Waals surface area (Å²) in [5, 5.41) is 14.4. The molecule has 1 aromatic heterocycles. The number of nitriles is 1. The van der Waals surface area contributed by atoms with E-state index in [4.69, 9.17) is 15.2 Å². The minimum atomic E-state index is -0.885. The normalized spacial score (nSPS) is 15.6. The van der Waals surface area contributed by atoms with Crippen molar-refractivity contribution in [2.75, 3.05) is 7.11 Å². The largest absolute Gasteiger partial charge is 0.497 e. The van der Waals surface area contributed by atoms with E-state index in [2.05, 4.69) is 27.1 Å². The Balaban J connectivity index is 1.97. The van der Waals surface area contributed by atoms with Gasteiger partial charge in [0.1, 0.15) is 11.8 Å². The number of methoxy groups -OCH3 is 1. The highest BCUT2D eigenvalue weighted by Crippen LogP contribution is 2.42. The molecule has 0 fully saturated rings. The molecule has 1 unspecified atom stereocenters. The molecule has 2 aromatic carbocycles. The summed E-state index contributed by atoms with van der Waals surface area (Å²) >= 11 is 3.44. The fraction of sp³-hybridized carbons (Fsp3) is 0.143. The maximum atomic E-state index is 9.76. The molecule has 0 amide bonds. The zero-order chi connectivity index (χ0) is 19.8. The van der Waals surface area contributed by atoms with Crippen molar-refractivity contribution in [1.29, 1.82) is 5.26 Å². The van der Waals surface area contributed by atoms with Gasteiger partial charge >= 0.3 is 0 Å². The molecule has 4 rings (SSSR count). The molecule has 0 saturated carbocycles. The van der Waals surface area contributed by atoms with Crippen molar-refractivity contribution in [3.05, 3.63) is 75.4 Å². The van der Waals surface area contributed by atoms with E-state index in [1.165, 1.54) is 0 Å². The number of nitrogens with zero attached hydrogens (tertiary/aromatic N) is 3. The third-order valence-electron chi connectivity index (χ3n) is 4.61. The molecule has 0 saturated heterocycles. The quantitative estimate of drug-likeness (QED) is 0.671. The zero-order valence-corrected chi connectivity index (χ0v) is 16.9. The number of aryl methyl sites for hydroxylation is 1. The van der Waals surface area contributed by atoms with Gasteiger partial charge in [-0.3, -0.25) is 5.73 Å². The lowest BCUT2D eigenvalue weighted by atomic mass is 9.91. The molecule has 140 valence electrons. The number of hydrogen-bond donors (Lipinski definition) is 1. The van der Waals surface area contributed by atoms with Gasteiger partial charge in [0.25, 0.3) is 0 Å². The number of fused-ring (bicyclic) bond motifs is 1. The molecule has 1 aliphatic heterocycles. The lowest BCUT2D eigenvalue weighted by Gasteiger charge is -2.25. The molecule has 6 nitrogen and oxygen atoms in total. The Hall–Kier alpha value is -3.08. The fourth-order valence-electron chi connectivity index (χ4n) is 3.31. The zero-order valence-electron chi connectivity index (χ0n) is 15.3. The minimum Gasteiger partial charge on any atom is -0.497 e. The Morgan fingerprint density at radius 2 is 2.00 bits per heavy atom. The lowest BCUT2D eigenvalue weighted by molar-refractivity contribution is 0.228. The van der Waals surface area contributed by atoms with Gasteiger partial charge in [0.15, 0.2) is 6.23 Å². The first-order valence-electron chi connectivity index (χ1n) is 8.60. The summed E-state index contributed by atoms with van der Waals surface area (Å²) in [7, 11) is 1.61. The van der Waals surface area contributed by atoms with Crippen LogP contribution >= 0.6 is 15.9 Å². The van der Waals surface area contributed by atoms with Crippen LogP contribution in [0.3, 0.4) is 0 Å². The van der Waals surface area contributed by atoms with Gasteiger partial charge in [-0.05, 0) is 48.9 Å². The van der Waals surface area contributed by atoms with Crippen LogP contribution in [0.1, 0.15) is 16.8 Å². The average Bonchev–Trinajstić information content (AvgIpc) is 3.03. The number of rotatable bonds is 3. The summed E-state index contributed by atoms with van der Waals surface area (Å²) in [5.74, 6) is 1.21. The van der Waals surface area contributed by atoms with Crippen molar-refractivity contribution in [3.63, 3.8) is 0 Å². The summed E-state index contributed by atoms with van der Waals surface area (Å²) in [6.07, 6.45) is -0.885. The minimum absolute atomic E-state index is 0.360. The van der Waals surface area contributed by atoms with E-state index < -0.39 is 6.23 Å². The maximum absolute atomic E-state index is 9.76. The van der Waals surface area contributed by atoms with Crippen LogP contribution in [0.5, 0.6) is 11.6 Å². The smallest absolute Gasteiger partial charge is 0.226 e. The van der Waals surface area contributed by atoms with E-state index in [9.17, 15) is 5.26 Å². The van der Waals surface area contributed by atoms with Crippen molar-refractivity contribution in [2.45, 2.75) is 13.2 Å². The van der Waals surface area contributed by atoms with Crippen molar-refractivity contribution in [1.82, 2.24) is 9.78 Å². The summed E-state index contributed by atoms with van der Waals surface area (Å²) in [6, 6.07) is 17.5. The van der Waals surface area contributed by atoms with Crippen LogP contribution in [-0.4, -0.2) is 23.1 Å². The molecule has 7 heteroatoms. The molecule has 0 bridgehead atoms. The number of hydrogen-bond acceptors (Lipinski definition) is 5. The highest BCUT2D eigenvalue weighted by Gasteiger charge is 2.33. The number of nitrogens with two attached hydrogens (primary N) is 1. The van der Waals surface area contributed by atoms with E-state index >= 15 is 0 Å². The van der Waals surface area contributed by atoms with Gasteiger partial charge in [0, 0.05) is 10.0 Å². The Morgan fingerprint density at radius 3 is 2.68 bits per heavy atom. The van der Waals surface area contributed by atoms with E-state index in [-0.39, 0.29) is 0 Å². The lowest BCUT2D eigenvalue weighted by Crippen LogP contribution is -2.33. The molecule has 2 N–H and O–H groups in total. The Bertz CT molecular complexity index is 1130. The molecule has 1 aliphatic rings. The highest BCUT2D eigenvalue weighted by molar-refractivity contribution is 9.10. The molecule has 3 aromatic rings. The molecule has 0 spiro atoms. The van der Waals surface area contributed by atoms with E-state index in [1.807, 2.05) is 55.5 Å².